The van der Waals surface area contributed by atoms with Crippen LogP contribution in [0.3, 0.4) is 0 Å². The smallest absolute Gasteiger partial charge is 0.220 e. The number of amides is 1. The van der Waals surface area contributed by atoms with E-state index in [9.17, 15) is 4.79 Å². The summed E-state index contributed by atoms with van der Waals surface area (Å²) in [5, 5.41) is 7.78. The first kappa shape index (κ1) is 21.0. The minimum absolute atomic E-state index is 0. The van der Waals surface area contributed by atoms with E-state index in [0.29, 0.717) is 24.8 Å². The Morgan fingerprint density at radius 2 is 2.04 bits per heavy atom. The number of aromatic nitrogens is 2. The second-order valence-electron chi connectivity index (χ2n) is 7.67. The Morgan fingerprint density at radius 1 is 1.42 bits per heavy atom. The number of hydrogen-bond acceptors (Lipinski definition) is 3. The van der Waals surface area contributed by atoms with Crippen LogP contribution >= 0.6 is 12.4 Å². The molecular weight excluding hydrogens is 324 g/mol. The maximum Gasteiger partial charge on any atom is 0.220 e. The van der Waals surface area contributed by atoms with Crippen molar-refractivity contribution >= 4 is 18.3 Å². The van der Waals surface area contributed by atoms with Crippen LogP contribution in [0.25, 0.3) is 0 Å². The lowest BCUT2D eigenvalue weighted by atomic mass is 9.95. The van der Waals surface area contributed by atoms with Crippen LogP contribution in [0.4, 0.5) is 0 Å². The summed E-state index contributed by atoms with van der Waals surface area (Å²) in [6.07, 6.45) is 3.59. The highest BCUT2D eigenvalue weighted by molar-refractivity contribution is 5.85. The van der Waals surface area contributed by atoms with Gasteiger partial charge in [-0.2, -0.15) is 5.10 Å². The molecule has 1 fully saturated rings. The molecule has 2 rings (SSSR count). The Kier molecular flexibility index (Phi) is 7.29. The average molecular weight is 357 g/mol. The second kappa shape index (κ2) is 8.34. The van der Waals surface area contributed by atoms with Crippen LogP contribution in [0, 0.1) is 25.7 Å². The molecule has 1 aromatic heterocycles. The monoisotopic (exact) mass is 356 g/mol. The Balaban J connectivity index is 0.00000288. The van der Waals surface area contributed by atoms with Gasteiger partial charge in [0.15, 0.2) is 0 Å². The predicted octanol–water partition coefficient (Wildman–Crippen LogP) is 2.75. The van der Waals surface area contributed by atoms with Gasteiger partial charge in [-0.1, -0.05) is 13.8 Å². The fraction of sp³-hybridized carbons (Fsp3) is 0.778. The number of hydrogen-bond donors (Lipinski definition) is 2. The molecule has 1 heterocycles. The van der Waals surface area contributed by atoms with Crippen molar-refractivity contribution in [3.63, 3.8) is 0 Å². The zero-order valence-electron chi connectivity index (χ0n) is 15.7. The van der Waals surface area contributed by atoms with Crippen molar-refractivity contribution in [3.8, 4) is 0 Å². The summed E-state index contributed by atoms with van der Waals surface area (Å²) >= 11 is 0. The normalized spacial score (nSPS) is 16.6. The van der Waals surface area contributed by atoms with Crippen LogP contribution in [0.15, 0.2) is 0 Å². The van der Waals surface area contributed by atoms with Gasteiger partial charge < -0.3 is 11.1 Å². The van der Waals surface area contributed by atoms with Crippen LogP contribution in [0.5, 0.6) is 0 Å². The van der Waals surface area contributed by atoms with E-state index in [1.165, 1.54) is 24.1 Å². The predicted molar refractivity (Wildman–Crippen MR) is 100 cm³/mol. The zero-order valence-corrected chi connectivity index (χ0v) is 16.5. The zero-order chi connectivity index (χ0) is 17.2. The lowest BCUT2D eigenvalue weighted by Crippen LogP contribution is -2.53. The highest BCUT2D eigenvalue weighted by atomic mass is 35.5. The molecular formula is C18H33ClN4O. The number of nitrogens with zero attached hydrogens (tertiary/aromatic N) is 2. The highest BCUT2D eigenvalue weighted by Gasteiger charge is 2.41. The number of aryl methyl sites for hydroxylation is 1. The van der Waals surface area contributed by atoms with Gasteiger partial charge in [0.05, 0.1) is 11.2 Å². The van der Waals surface area contributed by atoms with Gasteiger partial charge in [0.2, 0.25) is 5.91 Å². The van der Waals surface area contributed by atoms with E-state index in [1.54, 1.807) is 0 Å². The molecule has 1 amide bonds. The molecule has 5 nitrogen and oxygen atoms in total. The van der Waals surface area contributed by atoms with Gasteiger partial charge in [-0.05, 0) is 57.4 Å². The average Bonchev–Trinajstić information content (AvgIpc) is 3.27. The quantitative estimate of drug-likeness (QED) is 0.752. The van der Waals surface area contributed by atoms with Crippen molar-refractivity contribution in [2.24, 2.45) is 17.6 Å². The summed E-state index contributed by atoms with van der Waals surface area (Å²) in [6.45, 7) is 12.0. The number of carbonyl (C=O) groups is 1. The van der Waals surface area contributed by atoms with Gasteiger partial charge >= 0.3 is 0 Å². The maximum atomic E-state index is 12.3. The Hall–Kier alpha value is -1.07. The fourth-order valence-electron chi connectivity index (χ4n) is 3.28. The summed E-state index contributed by atoms with van der Waals surface area (Å²) in [5.74, 6) is 1.21. The molecule has 1 unspecified atom stereocenters. The fourth-order valence-corrected chi connectivity index (χ4v) is 3.28. The van der Waals surface area contributed by atoms with Crippen molar-refractivity contribution in [1.29, 1.82) is 0 Å². The Bertz CT molecular complexity index is 566. The van der Waals surface area contributed by atoms with Crippen molar-refractivity contribution in [2.75, 3.05) is 6.54 Å². The van der Waals surface area contributed by atoms with Gasteiger partial charge in [-0.15, -0.1) is 12.4 Å². The molecule has 6 heteroatoms. The molecule has 138 valence electrons. The summed E-state index contributed by atoms with van der Waals surface area (Å²) in [5.41, 5.74) is 9.08. The molecule has 1 aromatic rings. The van der Waals surface area contributed by atoms with Crippen molar-refractivity contribution in [3.05, 3.63) is 17.0 Å². The minimum atomic E-state index is -0.233. The van der Waals surface area contributed by atoms with E-state index in [2.05, 4.69) is 42.8 Å². The molecule has 0 saturated heterocycles. The van der Waals surface area contributed by atoms with E-state index in [1.807, 2.05) is 6.92 Å². The number of rotatable bonds is 8. The first-order valence-corrected chi connectivity index (χ1v) is 8.80. The Labute approximate surface area is 152 Å². The van der Waals surface area contributed by atoms with E-state index in [4.69, 9.17) is 5.73 Å². The first-order valence-electron chi connectivity index (χ1n) is 8.80. The van der Waals surface area contributed by atoms with Crippen molar-refractivity contribution in [2.45, 2.75) is 72.4 Å². The highest BCUT2D eigenvalue weighted by Crippen LogP contribution is 2.39. The van der Waals surface area contributed by atoms with E-state index in [0.717, 1.165) is 18.7 Å². The van der Waals surface area contributed by atoms with Gasteiger partial charge in [-0.25, -0.2) is 0 Å². The molecule has 1 aliphatic carbocycles. The van der Waals surface area contributed by atoms with E-state index < -0.39 is 0 Å². The number of halogens is 1. The molecule has 0 aromatic carbocycles. The molecule has 3 N–H and O–H groups in total. The van der Waals surface area contributed by atoms with Gasteiger partial charge in [-0.3, -0.25) is 9.48 Å². The number of carbonyl (C=O) groups excluding carboxylic acids is 1. The van der Waals surface area contributed by atoms with Crippen LogP contribution in [-0.4, -0.2) is 27.8 Å². The van der Waals surface area contributed by atoms with Gasteiger partial charge in [0.1, 0.15) is 0 Å². The van der Waals surface area contributed by atoms with Gasteiger partial charge in [0, 0.05) is 25.2 Å². The number of nitrogens with two attached hydrogens (primary N) is 1. The maximum absolute atomic E-state index is 12.3. The first-order chi connectivity index (χ1) is 10.8. The molecule has 0 spiro atoms. The molecule has 1 aliphatic rings. The molecule has 1 saturated carbocycles. The third-order valence-electron chi connectivity index (χ3n) is 5.00. The third-order valence-corrected chi connectivity index (χ3v) is 5.00. The van der Waals surface area contributed by atoms with Crippen molar-refractivity contribution in [1.82, 2.24) is 15.1 Å². The largest absolute Gasteiger partial charge is 0.349 e. The molecule has 24 heavy (non-hydrogen) atoms. The Morgan fingerprint density at radius 3 is 2.54 bits per heavy atom. The lowest BCUT2D eigenvalue weighted by molar-refractivity contribution is -0.123. The SMILES string of the molecule is Cc1nn(CC(C)C)c(C)c1CCC(=O)NC(C)(CN)C1CC1.Cl. The van der Waals surface area contributed by atoms with E-state index in [-0.39, 0.29) is 23.9 Å². The third kappa shape index (κ3) is 4.96. The molecule has 0 radical (unpaired) electrons. The standard InChI is InChI=1S/C18H32N4O.ClH/c1-12(2)10-22-14(4)16(13(3)21-22)8-9-17(23)20-18(5,11-19)15-6-7-15;/h12,15H,6-11,19H2,1-5H3,(H,20,23);1H. The molecule has 0 bridgehead atoms. The van der Waals surface area contributed by atoms with E-state index >= 15 is 0 Å². The lowest BCUT2D eigenvalue weighted by Gasteiger charge is -2.29. The number of nitrogens with one attached hydrogen (secondary N) is 1. The topological polar surface area (TPSA) is 72.9 Å². The second-order valence-corrected chi connectivity index (χ2v) is 7.67. The van der Waals surface area contributed by atoms with Gasteiger partial charge in [0.25, 0.3) is 0 Å². The van der Waals surface area contributed by atoms with Crippen LogP contribution in [0.1, 0.15) is 57.0 Å². The minimum Gasteiger partial charge on any atom is -0.349 e. The van der Waals surface area contributed by atoms with Crippen LogP contribution in [-0.2, 0) is 17.8 Å². The summed E-state index contributed by atoms with van der Waals surface area (Å²) in [6, 6.07) is 0. The van der Waals surface area contributed by atoms with Crippen molar-refractivity contribution < 1.29 is 4.79 Å². The summed E-state index contributed by atoms with van der Waals surface area (Å²) in [4.78, 5) is 12.3. The van der Waals surface area contributed by atoms with Crippen LogP contribution in [0.2, 0.25) is 0 Å². The summed E-state index contributed by atoms with van der Waals surface area (Å²) < 4.78 is 2.07. The molecule has 1 atom stereocenters. The van der Waals surface area contributed by atoms with Crippen LogP contribution < -0.4 is 11.1 Å². The molecule has 0 aliphatic heterocycles. The summed E-state index contributed by atoms with van der Waals surface area (Å²) in [7, 11) is 0.